The van der Waals surface area contributed by atoms with Crippen LogP contribution in [0.15, 0.2) is 24.4 Å². The van der Waals surface area contributed by atoms with Crippen LogP contribution in [-0.4, -0.2) is 6.54 Å². The summed E-state index contributed by atoms with van der Waals surface area (Å²) in [5.41, 5.74) is 0. The minimum absolute atomic E-state index is 1.08. The first-order valence-corrected chi connectivity index (χ1v) is 3.53. The summed E-state index contributed by atoms with van der Waals surface area (Å²) in [5.74, 6) is 0. The van der Waals surface area contributed by atoms with Crippen LogP contribution in [0.4, 0.5) is 0 Å². The molecule has 1 heteroatoms. The Bertz CT molecular complexity index is 99.7. The molecule has 0 aliphatic carbocycles. The molecule has 0 saturated heterocycles. The average Bonchev–Trinajstić information content (AvgIpc) is 2.00. The van der Waals surface area contributed by atoms with Gasteiger partial charge in [-0.15, -0.1) is 0 Å². The largest absolute Gasteiger partial charge is 0.391 e. The lowest BCUT2D eigenvalue weighted by atomic mass is 10.3. The zero-order valence-corrected chi connectivity index (χ0v) is 5.64. The molecule has 1 heterocycles. The Hall–Kier alpha value is -0.720. The number of allylic oxidation sites excluding steroid dienone is 2. The molecule has 0 radical (unpaired) electrons. The average molecular weight is 123 g/mol. The summed E-state index contributed by atoms with van der Waals surface area (Å²) in [4.78, 5) is 0. The van der Waals surface area contributed by atoms with Gasteiger partial charge in [0.15, 0.2) is 0 Å². The molecule has 1 aliphatic rings. The van der Waals surface area contributed by atoms with Crippen LogP contribution in [0.5, 0.6) is 0 Å². The van der Waals surface area contributed by atoms with Crippen molar-refractivity contribution in [2.75, 3.05) is 6.54 Å². The van der Waals surface area contributed by atoms with Crippen molar-refractivity contribution in [2.45, 2.75) is 19.3 Å². The lowest BCUT2D eigenvalue weighted by Gasteiger charge is -1.92. The molecular weight excluding hydrogens is 110 g/mol. The lowest BCUT2D eigenvalue weighted by Crippen LogP contribution is -2.04. The molecule has 0 amide bonds. The molecule has 0 unspecified atom stereocenters. The van der Waals surface area contributed by atoms with E-state index in [0.29, 0.717) is 0 Å². The van der Waals surface area contributed by atoms with Gasteiger partial charge in [-0.2, -0.15) is 0 Å². The van der Waals surface area contributed by atoms with Crippen molar-refractivity contribution in [3.05, 3.63) is 24.4 Å². The quantitative estimate of drug-likeness (QED) is 0.484. The summed E-state index contributed by atoms with van der Waals surface area (Å²) in [7, 11) is 0. The van der Waals surface area contributed by atoms with Crippen molar-refractivity contribution in [3.63, 3.8) is 0 Å². The maximum atomic E-state index is 3.20. The third kappa shape index (κ3) is 2.96. The Kier molecular flexibility index (Phi) is 2.98. The molecule has 0 aromatic heterocycles. The van der Waals surface area contributed by atoms with E-state index >= 15 is 0 Å². The summed E-state index contributed by atoms with van der Waals surface area (Å²) in [6, 6.07) is 0. The first-order valence-electron chi connectivity index (χ1n) is 3.53. The van der Waals surface area contributed by atoms with Crippen molar-refractivity contribution in [2.24, 2.45) is 0 Å². The van der Waals surface area contributed by atoms with Crippen LogP contribution < -0.4 is 5.32 Å². The summed E-state index contributed by atoms with van der Waals surface area (Å²) in [6.07, 6.45) is 12.2. The van der Waals surface area contributed by atoms with E-state index in [1.165, 1.54) is 12.8 Å². The smallest absolute Gasteiger partial charge is 0.0175 e. The topological polar surface area (TPSA) is 12.0 Å². The molecule has 0 spiro atoms. The van der Waals surface area contributed by atoms with Gasteiger partial charge in [-0.1, -0.05) is 18.2 Å². The highest BCUT2D eigenvalue weighted by Gasteiger charge is 1.82. The Morgan fingerprint density at radius 2 is 1.67 bits per heavy atom. The van der Waals surface area contributed by atoms with Gasteiger partial charge in [-0.25, -0.2) is 0 Å². The SMILES string of the molecule is C1=CCCNC=CCC1. The van der Waals surface area contributed by atoms with Crippen molar-refractivity contribution >= 4 is 0 Å². The monoisotopic (exact) mass is 123 g/mol. The van der Waals surface area contributed by atoms with Crippen molar-refractivity contribution in [3.8, 4) is 0 Å². The molecule has 0 aromatic carbocycles. The molecule has 1 rings (SSSR count). The molecule has 1 nitrogen and oxygen atoms in total. The molecule has 1 aliphatic heterocycles. The zero-order chi connectivity index (χ0) is 6.36. The van der Waals surface area contributed by atoms with E-state index in [4.69, 9.17) is 0 Å². The summed E-state index contributed by atoms with van der Waals surface area (Å²) >= 11 is 0. The number of rotatable bonds is 0. The first-order chi connectivity index (χ1) is 4.50. The van der Waals surface area contributed by atoms with Crippen LogP contribution in [0, 0.1) is 0 Å². The number of nitrogens with one attached hydrogen (secondary N) is 1. The summed E-state index contributed by atoms with van der Waals surface area (Å²) < 4.78 is 0. The third-order valence-electron chi connectivity index (χ3n) is 1.36. The second kappa shape index (κ2) is 4.19. The van der Waals surface area contributed by atoms with Gasteiger partial charge in [0, 0.05) is 6.54 Å². The molecule has 9 heavy (non-hydrogen) atoms. The molecule has 0 bridgehead atoms. The Morgan fingerprint density at radius 1 is 0.889 bits per heavy atom. The van der Waals surface area contributed by atoms with Gasteiger partial charge >= 0.3 is 0 Å². The lowest BCUT2D eigenvalue weighted by molar-refractivity contribution is 0.852. The Morgan fingerprint density at radius 3 is 2.67 bits per heavy atom. The van der Waals surface area contributed by atoms with Crippen molar-refractivity contribution in [1.29, 1.82) is 0 Å². The fourth-order valence-electron chi connectivity index (χ4n) is 0.845. The van der Waals surface area contributed by atoms with E-state index in [1.54, 1.807) is 0 Å². The van der Waals surface area contributed by atoms with E-state index < -0.39 is 0 Å². The van der Waals surface area contributed by atoms with Crippen molar-refractivity contribution in [1.82, 2.24) is 5.32 Å². The number of hydrogen-bond acceptors (Lipinski definition) is 1. The molecule has 0 fully saturated rings. The molecule has 0 atom stereocenters. The molecule has 1 N–H and O–H groups in total. The molecule has 0 aromatic rings. The molecule has 0 saturated carbocycles. The fourth-order valence-corrected chi connectivity index (χ4v) is 0.845. The molecular formula is C8H13N. The maximum absolute atomic E-state index is 3.20. The Labute approximate surface area is 56.5 Å². The molecule has 50 valence electrons. The normalized spacial score (nSPS) is 19.6. The van der Waals surface area contributed by atoms with Gasteiger partial charge in [-0.05, 0) is 25.5 Å². The van der Waals surface area contributed by atoms with Crippen LogP contribution in [0.1, 0.15) is 19.3 Å². The zero-order valence-electron chi connectivity index (χ0n) is 5.64. The third-order valence-corrected chi connectivity index (χ3v) is 1.36. The second-order valence-electron chi connectivity index (χ2n) is 2.19. The first kappa shape index (κ1) is 6.40. The predicted octanol–water partition coefficient (Wildman–Crippen LogP) is 1.83. The minimum Gasteiger partial charge on any atom is -0.391 e. The highest BCUT2D eigenvalue weighted by Crippen LogP contribution is 1.95. The maximum Gasteiger partial charge on any atom is 0.0175 e. The van der Waals surface area contributed by atoms with Crippen LogP contribution in [0.2, 0.25) is 0 Å². The van der Waals surface area contributed by atoms with Gasteiger partial charge < -0.3 is 5.32 Å². The van der Waals surface area contributed by atoms with Crippen LogP contribution >= 0.6 is 0 Å². The van der Waals surface area contributed by atoms with Gasteiger partial charge in [0.2, 0.25) is 0 Å². The minimum atomic E-state index is 1.08. The van der Waals surface area contributed by atoms with Crippen molar-refractivity contribution < 1.29 is 0 Å². The van der Waals surface area contributed by atoms with Gasteiger partial charge in [-0.3, -0.25) is 0 Å². The Balaban J connectivity index is 2.28. The van der Waals surface area contributed by atoms with Crippen LogP contribution in [0.25, 0.3) is 0 Å². The van der Waals surface area contributed by atoms with Gasteiger partial charge in [0.25, 0.3) is 0 Å². The standard InChI is InChI=1S/C8H13N/c1-2-4-6-8-9-7-5-3-1/h1,3,6,8-9H,2,4-5,7H2. The van der Waals surface area contributed by atoms with Crippen LogP contribution in [-0.2, 0) is 0 Å². The predicted molar refractivity (Wildman–Crippen MR) is 40.1 cm³/mol. The fraction of sp³-hybridized carbons (Fsp3) is 0.500. The van der Waals surface area contributed by atoms with E-state index in [9.17, 15) is 0 Å². The highest BCUT2D eigenvalue weighted by atomic mass is 14.8. The van der Waals surface area contributed by atoms with Gasteiger partial charge in [0.1, 0.15) is 0 Å². The highest BCUT2D eigenvalue weighted by molar-refractivity contribution is 4.90. The summed E-state index contributed by atoms with van der Waals surface area (Å²) in [5, 5.41) is 3.20. The van der Waals surface area contributed by atoms with E-state index in [1.807, 2.05) is 6.20 Å². The number of hydrogen-bond donors (Lipinski definition) is 1. The van der Waals surface area contributed by atoms with E-state index in [0.717, 1.165) is 13.0 Å². The second-order valence-corrected chi connectivity index (χ2v) is 2.19. The van der Waals surface area contributed by atoms with E-state index in [-0.39, 0.29) is 0 Å². The van der Waals surface area contributed by atoms with Gasteiger partial charge in [0.05, 0.1) is 0 Å². The van der Waals surface area contributed by atoms with Crippen LogP contribution in [0.3, 0.4) is 0 Å². The summed E-state index contributed by atoms with van der Waals surface area (Å²) in [6.45, 7) is 1.08. The van der Waals surface area contributed by atoms with E-state index in [2.05, 4.69) is 23.5 Å².